The van der Waals surface area contributed by atoms with Crippen LogP contribution in [0.1, 0.15) is 65.2 Å². The second-order valence-corrected chi connectivity index (χ2v) is 9.80. The number of hydrogen-bond donors (Lipinski definition) is 0. The number of rotatable bonds is 35. The molecule has 0 saturated carbocycles. The van der Waals surface area contributed by atoms with Crippen molar-refractivity contribution in [3.63, 3.8) is 0 Å². The van der Waals surface area contributed by atoms with Gasteiger partial charge in [0.05, 0.1) is 105 Å². The minimum Gasteiger partial charge on any atom is -0.463 e. The molecule has 0 radical (unpaired) electrons. The van der Waals surface area contributed by atoms with Crippen LogP contribution in [0.4, 0.5) is 0 Å². The maximum atomic E-state index is 12.0. The van der Waals surface area contributed by atoms with E-state index in [1.165, 1.54) is 12.8 Å². The fourth-order valence-corrected chi connectivity index (χ4v) is 3.74. The first-order valence-corrected chi connectivity index (χ1v) is 16.1. The van der Waals surface area contributed by atoms with E-state index in [1.807, 2.05) is 6.92 Å². The molecule has 0 fully saturated rings. The average Bonchev–Trinajstić information content (AvgIpc) is 2.98. The monoisotopic (exact) mass is 614 g/mol. The molecule has 246 valence electrons. The molecule has 0 aliphatic heterocycles. The van der Waals surface area contributed by atoms with E-state index in [1.54, 1.807) is 0 Å². The Bertz CT molecular complexity index is 516. The van der Waals surface area contributed by atoms with Gasteiger partial charge < -0.3 is 42.6 Å². The number of unbranched alkanes of at least 4 members (excludes halogenated alkanes) is 4. The summed E-state index contributed by atoms with van der Waals surface area (Å²) in [5, 5.41) is 0. The Balaban J connectivity index is 3.15. The molecule has 0 amide bonds. The van der Waals surface area contributed by atoms with E-state index in [-0.39, 0.29) is 18.5 Å². The summed E-state index contributed by atoms with van der Waals surface area (Å²) < 4.78 is 49.1. The van der Waals surface area contributed by atoms with Crippen LogP contribution in [0.2, 0.25) is 0 Å². The lowest BCUT2D eigenvalue weighted by Gasteiger charge is -2.13. The van der Waals surface area contributed by atoms with Crippen LogP contribution >= 0.6 is 11.6 Å². The lowest BCUT2D eigenvalue weighted by atomic mass is 10.00. The summed E-state index contributed by atoms with van der Waals surface area (Å²) in [6, 6.07) is 0. The van der Waals surface area contributed by atoms with Gasteiger partial charge in [0.25, 0.3) is 0 Å². The van der Waals surface area contributed by atoms with Crippen molar-refractivity contribution in [2.75, 3.05) is 118 Å². The summed E-state index contributed by atoms with van der Waals surface area (Å²) in [7, 11) is 0. The Labute approximate surface area is 254 Å². The lowest BCUT2D eigenvalue weighted by Crippen LogP contribution is -2.20. The summed E-state index contributed by atoms with van der Waals surface area (Å²) in [6.07, 6.45) is 8.35. The standard InChI is InChI=1S/C30H59ClO10/c1-3-5-10-29(4-2)30(32)41-28-27-40-26-25-39-24-23-38-22-21-37-20-19-36-18-17-35-16-15-34-14-13-33-12-9-7-6-8-11-31/h29H,3-28H2,1-2H3. The van der Waals surface area contributed by atoms with Crippen LogP contribution in [-0.4, -0.2) is 124 Å². The quantitative estimate of drug-likeness (QED) is 0.0568. The van der Waals surface area contributed by atoms with E-state index in [0.29, 0.717) is 99.1 Å². The van der Waals surface area contributed by atoms with Crippen LogP contribution in [0.25, 0.3) is 0 Å². The number of ether oxygens (including phenoxy) is 9. The van der Waals surface area contributed by atoms with Gasteiger partial charge in [0.15, 0.2) is 0 Å². The summed E-state index contributed by atoms with van der Waals surface area (Å²) >= 11 is 5.65. The molecule has 0 aromatic heterocycles. The van der Waals surface area contributed by atoms with Gasteiger partial charge in [-0.05, 0) is 25.7 Å². The molecule has 0 heterocycles. The minimum absolute atomic E-state index is 0.00194. The highest BCUT2D eigenvalue weighted by molar-refractivity contribution is 6.17. The van der Waals surface area contributed by atoms with Gasteiger partial charge in [0.1, 0.15) is 6.61 Å². The largest absolute Gasteiger partial charge is 0.463 e. The topological polar surface area (TPSA) is 100 Å². The van der Waals surface area contributed by atoms with E-state index >= 15 is 0 Å². The Morgan fingerprint density at radius 3 is 1.22 bits per heavy atom. The summed E-state index contributed by atoms with van der Waals surface area (Å²) in [6.45, 7) is 12.9. The van der Waals surface area contributed by atoms with E-state index in [4.69, 9.17) is 54.2 Å². The highest BCUT2D eigenvalue weighted by atomic mass is 35.5. The van der Waals surface area contributed by atoms with Gasteiger partial charge in [-0.3, -0.25) is 4.79 Å². The van der Waals surface area contributed by atoms with Crippen LogP contribution in [0, 0.1) is 5.92 Å². The molecule has 1 unspecified atom stereocenters. The van der Waals surface area contributed by atoms with Crippen LogP contribution in [0.5, 0.6) is 0 Å². The molecule has 11 heteroatoms. The summed E-state index contributed by atoms with van der Waals surface area (Å²) in [5.41, 5.74) is 0. The first kappa shape index (κ1) is 40.4. The van der Waals surface area contributed by atoms with Gasteiger partial charge >= 0.3 is 5.97 Å². The number of halogens is 1. The van der Waals surface area contributed by atoms with E-state index in [9.17, 15) is 4.79 Å². The predicted octanol–water partition coefficient (Wildman–Crippen LogP) is 4.68. The van der Waals surface area contributed by atoms with Crippen molar-refractivity contribution in [3.05, 3.63) is 0 Å². The molecule has 41 heavy (non-hydrogen) atoms. The lowest BCUT2D eigenvalue weighted by molar-refractivity contribution is -0.150. The molecule has 10 nitrogen and oxygen atoms in total. The Kier molecular flexibility index (Phi) is 35.1. The van der Waals surface area contributed by atoms with Crippen molar-refractivity contribution in [1.82, 2.24) is 0 Å². The van der Waals surface area contributed by atoms with E-state index in [0.717, 1.165) is 51.0 Å². The third-order valence-electron chi connectivity index (χ3n) is 5.98. The van der Waals surface area contributed by atoms with Gasteiger partial charge in [-0.25, -0.2) is 0 Å². The average molecular weight is 615 g/mol. The Morgan fingerprint density at radius 1 is 0.488 bits per heavy atom. The third-order valence-corrected chi connectivity index (χ3v) is 6.25. The van der Waals surface area contributed by atoms with Gasteiger partial charge in [0.2, 0.25) is 0 Å². The zero-order chi connectivity index (χ0) is 29.9. The predicted molar refractivity (Wildman–Crippen MR) is 160 cm³/mol. The molecule has 0 spiro atoms. The van der Waals surface area contributed by atoms with Crippen molar-refractivity contribution in [1.29, 1.82) is 0 Å². The second-order valence-electron chi connectivity index (χ2n) is 9.42. The molecular weight excluding hydrogens is 556 g/mol. The summed E-state index contributed by atoms with van der Waals surface area (Å²) in [4.78, 5) is 12.0. The van der Waals surface area contributed by atoms with E-state index < -0.39 is 0 Å². The highest BCUT2D eigenvalue weighted by Crippen LogP contribution is 2.14. The number of hydrogen-bond acceptors (Lipinski definition) is 10. The highest BCUT2D eigenvalue weighted by Gasteiger charge is 2.16. The van der Waals surface area contributed by atoms with Crippen LogP contribution in [0.15, 0.2) is 0 Å². The first-order valence-electron chi connectivity index (χ1n) is 15.6. The second kappa shape index (κ2) is 35.6. The van der Waals surface area contributed by atoms with E-state index in [2.05, 4.69) is 6.92 Å². The zero-order valence-electron chi connectivity index (χ0n) is 25.9. The maximum absolute atomic E-state index is 12.0. The molecule has 0 aliphatic rings. The van der Waals surface area contributed by atoms with Crippen LogP contribution < -0.4 is 0 Å². The molecule has 0 N–H and O–H groups in total. The molecule has 0 aliphatic carbocycles. The van der Waals surface area contributed by atoms with Gasteiger partial charge in [0, 0.05) is 12.5 Å². The normalized spacial score (nSPS) is 12.2. The fourth-order valence-electron chi connectivity index (χ4n) is 3.55. The van der Waals surface area contributed by atoms with Gasteiger partial charge in [-0.2, -0.15) is 0 Å². The molecule has 1 atom stereocenters. The number of carbonyl (C=O) groups is 1. The maximum Gasteiger partial charge on any atom is 0.308 e. The number of alkyl halides is 1. The molecule has 0 aromatic carbocycles. The van der Waals surface area contributed by atoms with Gasteiger partial charge in [-0.15, -0.1) is 11.6 Å². The molecule has 0 aromatic rings. The first-order chi connectivity index (χ1) is 20.3. The number of carbonyl (C=O) groups excluding carboxylic acids is 1. The zero-order valence-corrected chi connectivity index (χ0v) is 26.7. The van der Waals surface area contributed by atoms with Crippen molar-refractivity contribution in [3.8, 4) is 0 Å². The smallest absolute Gasteiger partial charge is 0.308 e. The van der Waals surface area contributed by atoms with Crippen molar-refractivity contribution < 1.29 is 47.4 Å². The van der Waals surface area contributed by atoms with Crippen LogP contribution in [0.3, 0.4) is 0 Å². The Morgan fingerprint density at radius 2 is 0.854 bits per heavy atom. The van der Waals surface area contributed by atoms with Crippen molar-refractivity contribution >= 4 is 17.6 Å². The van der Waals surface area contributed by atoms with Gasteiger partial charge in [-0.1, -0.05) is 39.5 Å². The summed E-state index contributed by atoms with van der Waals surface area (Å²) in [5.74, 6) is 0.630. The fraction of sp³-hybridized carbons (Fsp3) is 0.967. The number of esters is 1. The Hall–Kier alpha value is -0.560. The third kappa shape index (κ3) is 32.2. The SMILES string of the molecule is CCCCC(CC)C(=O)OCCOCCOCCOCCOCCOCCOCCOCCOCCCCCCCl. The van der Waals surface area contributed by atoms with Crippen LogP contribution in [-0.2, 0) is 47.4 Å². The molecule has 0 rings (SSSR count). The molecule has 0 saturated heterocycles. The molecule has 0 bridgehead atoms. The molecular formula is C30H59ClO10. The minimum atomic E-state index is -0.116. The van der Waals surface area contributed by atoms with Crippen molar-refractivity contribution in [2.24, 2.45) is 5.92 Å². The van der Waals surface area contributed by atoms with Crippen molar-refractivity contribution in [2.45, 2.75) is 65.2 Å².